The van der Waals surface area contributed by atoms with E-state index >= 15 is 0 Å². The van der Waals surface area contributed by atoms with Crippen molar-refractivity contribution in [1.82, 2.24) is 24.1 Å². The average molecular weight is 303 g/mol. The lowest BCUT2D eigenvalue weighted by Gasteiger charge is -2.05. The van der Waals surface area contributed by atoms with E-state index in [1.807, 2.05) is 18.5 Å². The zero-order valence-electron chi connectivity index (χ0n) is 11.1. The number of hydrogen-bond donors (Lipinski definition) is 2. The van der Waals surface area contributed by atoms with Crippen LogP contribution in [0.5, 0.6) is 0 Å². The number of aromatic amines is 1. The zero-order chi connectivity index (χ0) is 14.2. The monoisotopic (exact) mass is 303 g/mol. The van der Waals surface area contributed by atoms with Crippen molar-refractivity contribution < 1.29 is 8.42 Å². The van der Waals surface area contributed by atoms with Crippen LogP contribution in [-0.4, -0.2) is 40.5 Å². The van der Waals surface area contributed by atoms with Gasteiger partial charge in [-0.1, -0.05) is 0 Å². The number of aromatic nitrogens is 4. The fourth-order valence-electron chi connectivity index (χ4n) is 2.07. The molecule has 0 atom stereocenters. The summed E-state index contributed by atoms with van der Waals surface area (Å²) in [5.41, 5.74) is 2.77. The molecular weight excluding hydrogens is 286 g/mol. The van der Waals surface area contributed by atoms with Crippen molar-refractivity contribution in [3.05, 3.63) is 10.5 Å². The maximum Gasteiger partial charge on any atom is 0.208 e. The van der Waals surface area contributed by atoms with Gasteiger partial charge < -0.3 is 9.55 Å². The summed E-state index contributed by atoms with van der Waals surface area (Å²) in [6.07, 6.45) is 1.82. The average Bonchev–Trinajstić information content (AvgIpc) is 2.73. The van der Waals surface area contributed by atoms with Crippen LogP contribution in [0, 0.1) is 11.7 Å². The second-order valence-corrected chi connectivity index (χ2v) is 6.73. The highest BCUT2D eigenvalue weighted by atomic mass is 32.2. The standard InChI is InChI=1S/C10H17N5O2S2/c1-7-8-9(14(2)13-7)15(10(18)12-8)6-4-5-11-19(3,16)17/h11H,4-6H2,1-3H3,(H,12,18). The Morgan fingerprint density at radius 3 is 2.79 bits per heavy atom. The minimum atomic E-state index is -3.13. The highest BCUT2D eigenvalue weighted by Crippen LogP contribution is 2.17. The third-order valence-electron chi connectivity index (χ3n) is 2.85. The molecule has 0 saturated heterocycles. The van der Waals surface area contributed by atoms with Crippen LogP contribution in [0.15, 0.2) is 0 Å². The summed E-state index contributed by atoms with van der Waals surface area (Å²) in [4.78, 5) is 3.13. The molecule has 2 aromatic heterocycles. The fourth-order valence-corrected chi connectivity index (χ4v) is 2.87. The lowest BCUT2D eigenvalue weighted by atomic mass is 10.4. The van der Waals surface area contributed by atoms with Crippen molar-refractivity contribution in [3.8, 4) is 0 Å². The summed E-state index contributed by atoms with van der Waals surface area (Å²) in [5.74, 6) is 0. The predicted molar refractivity (Wildman–Crippen MR) is 76.1 cm³/mol. The van der Waals surface area contributed by atoms with Crippen molar-refractivity contribution in [2.45, 2.75) is 19.9 Å². The Hall–Kier alpha value is -1.19. The number of imidazole rings is 1. The number of hydrogen-bond acceptors (Lipinski definition) is 4. The van der Waals surface area contributed by atoms with Gasteiger partial charge in [-0.05, 0) is 25.6 Å². The topological polar surface area (TPSA) is 84.7 Å². The second kappa shape index (κ2) is 5.06. The molecule has 2 N–H and O–H groups in total. The minimum absolute atomic E-state index is 0.393. The first kappa shape index (κ1) is 14.2. The summed E-state index contributed by atoms with van der Waals surface area (Å²) in [7, 11) is -1.27. The molecule has 19 heavy (non-hydrogen) atoms. The maximum absolute atomic E-state index is 11.0. The number of H-pyrrole nitrogens is 1. The molecule has 106 valence electrons. The van der Waals surface area contributed by atoms with Gasteiger partial charge >= 0.3 is 0 Å². The first-order valence-electron chi connectivity index (χ1n) is 5.86. The molecule has 0 saturated carbocycles. The first-order valence-corrected chi connectivity index (χ1v) is 8.16. The molecule has 0 fully saturated rings. The van der Waals surface area contributed by atoms with E-state index in [2.05, 4.69) is 14.8 Å². The van der Waals surface area contributed by atoms with Crippen LogP contribution in [-0.2, 0) is 23.6 Å². The van der Waals surface area contributed by atoms with Gasteiger partial charge in [0.15, 0.2) is 10.4 Å². The largest absolute Gasteiger partial charge is 0.328 e. The van der Waals surface area contributed by atoms with Gasteiger partial charge in [-0.3, -0.25) is 4.68 Å². The summed E-state index contributed by atoms with van der Waals surface area (Å²) in [6.45, 7) is 2.95. The van der Waals surface area contributed by atoms with E-state index < -0.39 is 10.0 Å². The zero-order valence-corrected chi connectivity index (χ0v) is 12.7. The van der Waals surface area contributed by atoms with E-state index in [0.717, 1.165) is 23.1 Å². The molecule has 0 aliphatic carbocycles. The van der Waals surface area contributed by atoms with Crippen LogP contribution in [0.4, 0.5) is 0 Å². The van der Waals surface area contributed by atoms with Gasteiger partial charge in [0, 0.05) is 20.1 Å². The van der Waals surface area contributed by atoms with E-state index in [1.54, 1.807) is 4.68 Å². The summed E-state index contributed by atoms with van der Waals surface area (Å²) in [6, 6.07) is 0. The number of nitrogens with zero attached hydrogens (tertiary/aromatic N) is 3. The molecular formula is C10H17N5O2S2. The third kappa shape index (κ3) is 3.04. The van der Waals surface area contributed by atoms with Gasteiger partial charge in [0.25, 0.3) is 0 Å². The molecule has 0 bridgehead atoms. The Morgan fingerprint density at radius 2 is 2.16 bits per heavy atom. The Morgan fingerprint density at radius 1 is 1.47 bits per heavy atom. The molecule has 2 heterocycles. The van der Waals surface area contributed by atoms with Gasteiger partial charge in [0.05, 0.1) is 11.9 Å². The Balaban J connectivity index is 2.17. The molecule has 7 nitrogen and oxygen atoms in total. The molecule has 0 radical (unpaired) electrons. The lowest BCUT2D eigenvalue weighted by Crippen LogP contribution is -2.24. The van der Waals surface area contributed by atoms with Gasteiger partial charge in [-0.15, -0.1) is 0 Å². The van der Waals surface area contributed by atoms with Crippen molar-refractivity contribution in [3.63, 3.8) is 0 Å². The van der Waals surface area contributed by atoms with Crippen molar-refractivity contribution in [2.75, 3.05) is 12.8 Å². The Bertz CT molecular complexity index is 753. The van der Waals surface area contributed by atoms with Gasteiger partial charge in [-0.2, -0.15) is 5.10 Å². The Labute approximate surface area is 116 Å². The van der Waals surface area contributed by atoms with Crippen LogP contribution in [0.1, 0.15) is 12.1 Å². The van der Waals surface area contributed by atoms with E-state index in [4.69, 9.17) is 12.2 Å². The highest BCUT2D eigenvalue weighted by Gasteiger charge is 2.12. The lowest BCUT2D eigenvalue weighted by molar-refractivity contribution is 0.573. The minimum Gasteiger partial charge on any atom is -0.328 e. The number of fused-ring (bicyclic) bond motifs is 1. The van der Waals surface area contributed by atoms with E-state index in [-0.39, 0.29) is 0 Å². The summed E-state index contributed by atoms with van der Waals surface area (Å²) < 4.78 is 28.8. The number of rotatable bonds is 5. The summed E-state index contributed by atoms with van der Waals surface area (Å²) in [5, 5.41) is 4.33. The smallest absolute Gasteiger partial charge is 0.208 e. The highest BCUT2D eigenvalue weighted by molar-refractivity contribution is 7.88. The first-order chi connectivity index (χ1) is 8.79. The maximum atomic E-state index is 11.0. The van der Waals surface area contributed by atoms with Crippen molar-refractivity contribution in [2.24, 2.45) is 7.05 Å². The number of sulfonamides is 1. The molecule has 0 amide bonds. The molecule has 0 aliphatic heterocycles. The molecule has 0 aliphatic rings. The van der Waals surface area contributed by atoms with Crippen molar-refractivity contribution in [1.29, 1.82) is 0 Å². The number of aryl methyl sites for hydroxylation is 3. The van der Waals surface area contributed by atoms with E-state index in [1.165, 1.54) is 0 Å². The third-order valence-corrected chi connectivity index (χ3v) is 3.90. The van der Waals surface area contributed by atoms with Crippen LogP contribution >= 0.6 is 12.2 Å². The summed E-state index contributed by atoms with van der Waals surface area (Å²) >= 11 is 5.28. The van der Waals surface area contributed by atoms with E-state index in [0.29, 0.717) is 24.3 Å². The van der Waals surface area contributed by atoms with Crippen molar-refractivity contribution >= 4 is 33.4 Å². The van der Waals surface area contributed by atoms with Crippen LogP contribution in [0.3, 0.4) is 0 Å². The molecule has 9 heteroatoms. The molecule has 0 aromatic carbocycles. The van der Waals surface area contributed by atoms with Crippen LogP contribution < -0.4 is 4.72 Å². The quantitative estimate of drug-likeness (QED) is 0.628. The Kier molecular flexibility index (Phi) is 3.79. The van der Waals surface area contributed by atoms with Crippen LogP contribution in [0.2, 0.25) is 0 Å². The normalized spacial score (nSPS) is 12.4. The molecule has 0 spiro atoms. The van der Waals surface area contributed by atoms with Gasteiger partial charge in [0.2, 0.25) is 10.0 Å². The number of nitrogens with one attached hydrogen (secondary N) is 2. The predicted octanol–water partition coefficient (Wildman–Crippen LogP) is 0.680. The van der Waals surface area contributed by atoms with Gasteiger partial charge in [0.1, 0.15) is 5.52 Å². The second-order valence-electron chi connectivity index (χ2n) is 4.51. The van der Waals surface area contributed by atoms with Gasteiger partial charge in [-0.25, -0.2) is 13.1 Å². The fraction of sp³-hybridized carbons (Fsp3) is 0.600. The SMILES string of the molecule is Cc1nn(C)c2c1[nH]c(=S)n2CCCNS(C)(=O)=O. The van der Waals surface area contributed by atoms with E-state index in [9.17, 15) is 8.42 Å². The molecule has 2 aromatic rings. The molecule has 2 rings (SSSR count). The molecule has 0 unspecified atom stereocenters. The van der Waals surface area contributed by atoms with Crippen LogP contribution in [0.25, 0.3) is 11.2 Å².